The van der Waals surface area contributed by atoms with Crippen molar-refractivity contribution in [2.24, 2.45) is 0 Å². The van der Waals surface area contributed by atoms with Crippen LogP contribution in [0.5, 0.6) is 0 Å². The number of hydrogen-bond donors (Lipinski definition) is 3. The molecule has 0 fully saturated rings. The molecule has 0 saturated carbocycles. The summed E-state index contributed by atoms with van der Waals surface area (Å²) in [6, 6.07) is 8.30. The molecule has 0 amide bonds. The van der Waals surface area contributed by atoms with Crippen molar-refractivity contribution in [1.82, 2.24) is 0 Å². The van der Waals surface area contributed by atoms with Gasteiger partial charge in [0.2, 0.25) is 0 Å². The molecule has 0 radical (unpaired) electrons. The van der Waals surface area contributed by atoms with Crippen LogP contribution in [-0.4, -0.2) is 33.9 Å². The van der Waals surface area contributed by atoms with Gasteiger partial charge >= 0.3 is 11.9 Å². The zero-order valence-corrected chi connectivity index (χ0v) is 7.25. The fourth-order valence-electron chi connectivity index (χ4n) is 0.581. The van der Waals surface area contributed by atoms with E-state index >= 15 is 0 Å². The summed E-state index contributed by atoms with van der Waals surface area (Å²) in [5.74, 6) is -2.07. The maximum Gasteiger partial charge on any atom is 0.335 e. The van der Waals surface area contributed by atoms with Crippen molar-refractivity contribution in [3.05, 3.63) is 35.9 Å². The minimum atomic E-state index is -1.19. The van der Waals surface area contributed by atoms with Gasteiger partial charge in [0.1, 0.15) is 6.61 Å². The highest BCUT2D eigenvalue weighted by atomic mass is 16.4. The summed E-state index contributed by atoms with van der Waals surface area (Å²) in [6.45, 7) is -0.778. The van der Waals surface area contributed by atoms with E-state index < -0.39 is 18.5 Å². The molecular weight excluding hydrogens is 188 g/mol. The molecule has 5 heteroatoms. The average molecular weight is 198 g/mol. The van der Waals surface area contributed by atoms with Gasteiger partial charge < -0.3 is 15.3 Å². The van der Waals surface area contributed by atoms with Gasteiger partial charge in [0.05, 0.1) is 5.56 Å². The highest BCUT2D eigenvalue weighted by molar-refractivity contribution is 5.87. The third-order valence-corrected chi connectivity index (χ3v) is 1.16. The van der Waals surface area contributed by atoms with Crippen molar-refractivity contribution in [2.45, 2.75) is 0 Å². The van der Waals surface area contributed by atoms with Crippen LogP contribution in [0.25, 0.3) is 0 Å². The van der Waals surface area contributed by atoms with Crippen LogP contribution in [0.4, 0.5) is 0 Å². The van der Waals surface area contributed by atoms with Crippen LogP contribution in [-0.2, 0) is 4.79 Å². The first-order chi connectivity index (χ1) is 6.57. The summed E-state index contributed by atoms with van der Waals surface area (Å²) < 4.78 is 0. The standard InChI is InChI=1S/C7H6O2.C2H4O3/c8-7(9)6-4-2-1-3-5-6;3-1-2(4)5/h1-5H,(H,8,9);3H,1H2,(H,4,5). The lowest BCUT2D eigenvalue weighted by Gasteiger charge is -1.88. The van der Waals surface area contributed by atoms with Crippen LogP contribution in [0.3, 0.4) is 0 Å². The molecule has 0 spiro atoms. The Balaban J connectivity index is 0.000000292. The number of carboxylic acid groups (broad SMARTS) is 2. The lowest BCUT2D eigenvalue weighted by Crippen LogP contribution is -1.98. The molecular formula is C9H10O5. The van der Waals surface area contributed by atoms with E-state index in [1.54, 1.807) is 30.3 Å². The van der Waals surface area contributed by atoms with Crippen LogP contribution in [0.2, 0.25) is 0 Å². The second-order valence-electron chi connectivity index (χ2n) is 2.22. The Morgan fingerprint density at radius 2 is 1.50 bits per heavy atom. The zero-order chi connectivity index (χ0) is 11.0. The van der Waals surface area contributed by atoms with E-state index in [4.69, 9.17) is 20.1 Å². The molecule has 0 heterocycles. The molecule has 0 aliphatic carbocycles. The second-order valence-corrected chi connectivity index (χ2v) is 2.22. The molecule has 76 valence electrons. The molecule has 1 aromatic rings. The van der Waals surface area contributed by atoms with Crippen LogP contribution < -0.4 is 0 Å². The Kier molecular flexibility index (Phi) is 5.73. The SMILES string of the molecule is O=C(O)CO.O=C(O)c1ccccc1. The van der Waals surface area contributed by atoms with Crippen molar-refractivity contribution in [1.29, 1.82) is 0 Å². The third-order valence-electron chi connectivity index (χ3n) is 1.16. The van der Waals surface area contributed by atoms with Crippen LogP contribution >= 0.6 is 0 Å². The molecule has 3 N–H and O–H groups in total. The van der Waals surface area contributed by atoms with Gasteiger partial charge in [-0.1, -0.05) is 18.2 Å². The highest BCUT2D eigenvalue weighted by Crippen LogP contribution is 1.96. The summed E-state index contributed by atoms with van der Waals surface area (Å²) in [5, 5.41) is 23.4. The first-order valence-electron chi connectivity index (χ1n) is 3.69. The van der Waals surface area contributed by atoms with Gasteiger partial charge in [0.25, 0.3) is 0 Å². The highest BCUT2D eigenvalue weighted by Gasteiger charge is 1.96. The summed E-state index contributed by atoms with van der Waals surface area (Å²) >= 11 is 0. The maximum atomic E-state index is 10.2. The van der Waals surface area contributed by atoms with E-state index in [9.17, 15) is 4.79 Å². The number of aliphatic hydroxyl groups excluding tert-OH is 1. The number of hydrogen-bond acceptors (Lipinski definition) is 3. The largest absolute Gasteiger partial charge is 0.480 e. The number of aliphatic hydroxyl groups is 1. The second kappa shape index (κ2) is 6.62. The van der Waals surface area contributed by atoms with E-state index in [1.807, 2.05) is 0 Å². The number of aliphatic carboxylic acids is 1. The predicted octanol–water partition coefficient (Wildman–Crippen LogP) is 0.448. The Hall–Kier alpha value is -1.88. The van der Waals surface area contributed by atoms with Crippen LogP contribution in [0.1, 0.15) is 10.4 Å². The third kappa shape index (κ3) is 5.73. The topological polar surface area (TPSA) is 94.8 Å². The number of rotatable bonds is 2. The van der Waals surface area contributed by atoms with E-state index in [-0.39, 0.29) is 0 Å². The Morgan fingerprint density at radius 1 is 1.07 bits per heavy atom. The molecule has 1 aromatic carbocycles. The number of carboxylic acids is 2. The van der Waals surface area contributed by atoms with Gasteiger partial charge in [0, 0.05) is 0 Å². The van der Waals surface area contributed by atoms with E-state index in [1.165, 1.54) is 0 Å². The number of benzene rings is 1. The van der Waals surface area contributed by atoms with Crippen molar-refractivity contribution in [3.63, 3.8) is 0 Å². The predicted molar refractivity (Wildman–Crippen MR) is 48.1 cm³/mol. The molecule has 0 aromatic heterocycles. The van der Waals surface area contributed by atoms with E-state index in [0.717, 1.165) is 0 Å². The first-order valence-corrected chi connectivity index (χ1v) is 3.69. The lowest BCUT2D eigenvalue weighted by atomic mass is 10.2. The van der Waals surface area contributed by atoms with Gasteiger partial charge in [-0.2, -0.15) is 0 Å². The molecule has 14 heavy (non-hydrogen) atoms. The Morgan fingerprint density at radius 3 is 1.71 bits per heavy atom. The van der Waals surface area contributed by atoms with Gasteiger partial charge in [-0.15, -0.1) is 0 Å². The van der Waals surface area contributed by atoms with Crippen molar-refractivity contribution in [3.8, 4) is 0 Å². The normalized spacial score (nSPS) is 8.36. The summed E-state index contributed by atoms with van der Waals surface area (Å²) in [6.07, 6.45) is 0. The quantitative estimate of drug-likeness (QED) is 0.641. The molecule has 0 aliphatic rings. The van der Waals surface area contributed by atoms with Gasteiger partial charge in [-0.05, 0) is 12.1 Å². The summed E-state index contributed by atoms with van der Waals surface area (Å²) in [5.41, 5.74) is 0.331. The maximum absolute atomic E-state index is 10.2. The monoisotopic (exact) mass is 198 g/mol. The molecule has 0 bridgehead atoms. The smallest absolute Gasteiger partial charge is 0.335 e. The van der Waals surface area contributed by atoms with E-state index in [0.29, 0.717) is 5.56 Å². The van der Waals surface area contributed by atoms with Gasteiger partial charge in [-0.25, -0.2) is 9.59 Å². The van der Waals surface area contributed by atoms with Gasteiger partial charge in [-0.3, -0.25) is 0 Å². The molecule has 0 aliphatic heterocycles. The van der Waals surface area contributed by atoms with E-state index in [2.05, 4.69) is 0 Å². The molecule has 1 rings (SSSR count). The van der Waals surface area contributed by atoms with Crippen LogP contribution in [0.15, 0.2) is 30.3 Å². The summed E-state index contributed by atoms with van der Waals surface area (Å²) in [7, 11) is 0. The molecule has 0 atom stereocenters. The lowest BCUT2D eigenvalue weighted by molar-refractivity contribution is -0.140. The molecule has 0 saturated heterocycles. The number of carbonyl (C=O) groups is 2. The molecule has 5 nitrogen and oxygen atoms in total. The average Bonchev–Trinajstić information content (AvgIpc) is 2.20. The first kappa shape index (κ1) is 12.1. The van der Waals surface area contributed by atoms with Crippen molar-refractivity contribution < 1.29 is 24.9 Å². The summed E-state index contributed by atoms with van der Waals surface area (Å²) in [4.78, 5) is 19.3. The van der Waals surface area contributed by atoms with Crippen molar-refractivity contribution in [2.75, 3.05) is 6.61 Å². The minimum Gasteiger partial charge on any atom is -0.480 e. The van der Waals surface area contributed by atoms with Crippen molar-refractivity contribution >= 4 is 11.9 Å². The number of aromatic carboxylic acids is 1. The Labute approximate surface area is 80.2 Å². The van der Waals surface area contributed by atoms with Crippen LogP contribution in [0, 0.1) is 0 Å². The zero-order valence-electron chi connectivity index (χ0n) is 7.25. The minimum absolute atomic E-state index is 0.331. The fourth-order valence-corrected chi connectivity index (χ4v) is 0.581. The Bertz CT molecular complexity index is 293. The molecule has 0 unspecified atom stereocenters. The van der Waals surface area contributed by atoms with Gasteiger partial charge in [0.15, 0.2) is 0 Å². The fraction of sp³-hybridized carbons (Fsp3) is 0.111.